The number of nitrogens with one attached hydrogen (secondary N) is 1. The van der Waals surface area contributed by atoms with Crippen molar-refractivity contribution in [2.75, 3.05) is 13.1 Å². The fourth-order valence-corrected chi connectivity index (χ4v) is 5.95. The summed E-state index contributed by atoms with van der Waals surface area (Å²) >= 11 is 1.50. The zero-order chi connectivity index (χ0) is 22.0. The van der Waals surface area contributed by atoms with Crippen molar-refractivity contribution in [1.82, 2.24) is 19.3 Å². The first-order chi connectivity index (χ1) is 15.0. The molecule has 0 amide bonds. The Morgan fingerprint density at radius 1 is 1.29 bits per heavy atom. The highest BCUT2D eigenvalue weighted by Crippen LogP contribution is 2.32. The van der Waals surface area contributed by atoms with Crippen LogP contribution in [-0.4, -0.2) is 47.0 Å². The lowest BCUT2D eigenvalue weighted by atomic mass is 10.0. The smallest absolute Gasteiger partial charge is 0.290 e. The first kappa shape index (κ1) is 21.2. The van der Waals surface area contributed by atoms with E-state index >= 15 is 0 Å². The molecular formula is C21H20N4O4S2. The Morgan fingerprint density at radius 3 is 2.84 bits per heavy atom. The number of carbonyl (C=O) groups is 1. The minimum atomic E-state index is -3.75. The van der Waals surface area contributed by atoms with E-state index in [0.29, 0.717) is 11.0 Å². The largest absolute Gasteiger partial charge is 0.483 e. The van der Waals surface area contributed by atoms with Gasteiger partial charge < -0.3 is 10.4 Å². The number of hydrogen-bond donors (Lipinski definition) is 2. The van der Waals surface area contributed by atoms with Gasteiger partial charge in [0.1, 0.15) is 0 Å². The van der Waals surface area contributed by atoms with E-state index in [1.807, 2.05) is 6.92 Å². The number of pyridine rings is 1. The van der Waals surface area contributed by atoms with Gasteiger partial charge in [-0.25, -0.2) is 17.4 Å². The molecule has 8 nitrogen and oxygen atoms in total. The van der Waals surface area contributed by atoms with Crippen molar-refractivity contribution < 1.29 is 18.3 Å². The van der Waals surface area contributed by atoms with E-state index in [9.17, 15) is 8.42 Å². The second kappa shape index (κ2) is 8.58. The average molecular weight is 457 g/mol. The third kappa shape index (κ3) is 3.97. The Labute approximate surface area is 182 Å². The van der Waals surface area contributed by atoms with Crippen molar-refractivity contribution in [3.8, 4) is 0 Å². The third-order valence-corrected chi connectivity index (χ3v) is 7.56. The van der Waals surface area contributed by atoms with Crippen molar-refractivity contribution >= 4 is 54.7 Å². The molecular weight excluding hydrogens is 436 g/mol. The minimum absolute atomic E-state index is 0.250. The Morgan fingerprint density at radius 2 is 2.10 bits per heavy atom. The first-order valence-electron chi connectivity index (χ1n) is 9.52. The van der Waals surface area contributed by atoms with Crippen LogP contribution in [0.2, 0.25) is 0 Å². The Bertz CT molecular complexity index is 1400. The van der Waals surface area contributed by atoms with Crippen LogP contribution in [0.15, 0.2) is 53.7 Å². The number of thiazole rings is 1. The van der Waals surface area contributed by atoms with Crippen LogP contribution in [0, 0.1) is 6.92 Å². The van der Waals surface area contributed by atoms with Gasteiger partial charge in [-0.2, -0.15) is 0 Å². The van der Waals surface area contributed by atoms with Crippen LogP contribution in [0.4, 0.5) is 0 Å². The monoisotopic (exact) mass is 456 g/mol. The minimum Gasteiger partial charge on any atom is -0.483 e. The average Bonchev–Trinajstić information content (AvgIpc) is 3.34. The number of rotatable bonds is 3. The number of fused-ring (bicyclic) bond motifs is 2. The van der Waals surface area contributed by atoms with E-state index in [0.717, 1.165) is 45.9 Å². The lowest BCUT2D eigenvalue weighted by molar-refractivity contribution is -0.122. The molecule has 2 N–H and O–H groups in total. The molecule has 0 aliphatic carbocycles. The Balaban J connectivity index is 0.000000730. The molecule has 3 aromatic heterocycles. The summed E-state index contributed by atoms with van der Waals surface area (Å²) in [4.78, 5) is 17.5. The second-order valence-corrected chi connectivity index (χ2v) is 9.92. The topological polar surface area (TPSA) is 114 Å². The fraction of sp³-hybridized carbons (Fsp3) is 0.190. The van der Waals surface area contributed by atoms with Crippen molar-refractivity contribution in [2.45, 2.75) is 18.2 Å². The zero-order valence-corrected chi connectivity index (χ0v) is 18.3. The molecule has 4 heterocycles. The van der Waals surface area contributed by atoms with Gasteiger partial charge >= 0.3 is 0 Å². The van der Waals surface area contributed by atoms with E-state index in [1.165, 1.54) is 15.3 Å². The molecule has 31 heavy (non-hydrogen) atoms. The van der Waals surface area contributed by atoms with Crippen molar-refractivity contribution in [3.05, 3.63) is 59.4 Å². The molecule has 0 saturated heterocycles. The van der Waals surface area contributed by atoms with Gasteiger partial charge in [-0.3, -0.25) is 9.78 Å². The third-order valence-electron chi connectivity index (χ3n) is 4.96. The molecule has 1 aliphatic rings. The molecule has 1 aliphatic heterocycles. The van der Waals surface area contributed by atoms with Crippen LogP contribution in [0.1, 0.15) is 17.0 Å². The van der Waals surface area contributed by atoms with Crippen molar-refractivity contribution in [3.63, 3.8) is 0 Å². The van der Waals surface area contributed by atoms with E-state index < -0.39 is 10.0 Å². The molecule has 0 radical (unpaired) electrons. The van der Waals surface area contributed by atoms with E-state index in [-0.39, 0.29) is 11.4 Å². The first-order valence-corrected chi connectivity index (χ1v) is 11.8. The quantitative estimate of drug-likeness (QED) is 0.455. The van der Waals surface area contributed by atoms with Gasteiger partial charge in [0.05, 0.1) is 31.2 Å². The van der Waals surface area contributed by atoms with E-state index in [2.05, 4.69) is 21.4 Å². The summed E-state index contributed by atoms with van der Waals surface area (Å²) in [5.74, 6) is 0. The maximum atomic E-state index is 13.5. The molecule has 0 spiro atoms. The molecule has 0 atom stereocenters. The molecule has 0 bridgehead atoms. The normalized spacial score (nSPS) is 14.2. The van der Waals surface area contributed by atoms with Gasteiger partial charge in [-0.1, -0.05) is 6.08 Å². The summed E-state index contributed by atoms with van der Waals surface area (Å²) in [5.41, 5.74) is 4.15. The maximum Gasteiger partial charge on any atom is 0.290 e. The van der Waals surface area contributed by atoms with Crippen molar-refractivity contribution in [1.29, 1.82) is 0 Å². The highest BCUT2D eigenvalue weighted by Gasteiger charge is 2.24. The van der Waals surface area contributed by atoms with Gasteiger partial charge in [0.2, 0.25) is 0 Å². The SMILES string of the molecule is Cc1nc2ccc(S(=O)(=O)n3cc(C4=CCNCC4)c4ncccc43)cc2s1.O=CO. The van der Waals surface area contributed by atoms with Gasteiger partial charge in [0.25, 0.3) is 16.5 Å². The molecule has 4 aromatic rings. The lowest BCUT2D eigenvalue weighted by Crippen LogP contribution is -2.20. The second-order valence-electron chi connectivity index (χ2n) is 6.87. The standard InChI is InChI=1S/C20H18N4O2S2.CH2O2/c1-13-23-17-5-4-15(11-19(17)27-13)28(25,26)24-12-16(14-6-9-21-10-7-14)20-18(24)3-2-8-22-20;2-1-3/h2-6,8,11-12,21H,7,9-10H2,1H3;1H,(H,2,3). The molecule has 5 rings (SSSR count). The summed E-state index contributed by atoms with van der Waals surface area (Å²) in [6.07, 6.45) is 6.38. The highest BCUT2D eigenvalue weighted by molar-refractivity contribution is 7.90. The van der Waals surface area contributed by atoms with Gasteiger partial charge in [-0.05, 0) is 55.8 Å². The zero-order valence-electron chi connectivity index (χ0n) is 16.6. The van der Waals surface area contributed by atoms with Crippen LogP contribution in [0.25, 0.3) is 26.8 Å². The summed E-state index contributed by atoms with van der Waals surface area (Å²) in [5, 5.41) is 11.1. The molecule has 10 heteroatoms. The predicted molar refractivity (Wildman–Crippen MR) is 121 cm³/mol. The molecule has 0 unspecified atom stereocenters. The summed E-state index contributed by atoms with van der Waals surface area (Å²) in [7, 11) is -3.75. The van der Waals surface area contributed by atoms with Crippen LogP contribution in [0.5, 0.6) is 0 Å². The van der Waals surface area contributed by atoms with E-state index in [1.54, 1.807) is 42.7 Å². The number of aryl methyl sites for hydroxylation is 1. The van der Waals surface area contributed by atoms with Crippen LogP contribution in [-0.2, 0) is 14.8 Å². The number of aromatic nitrogens is 3. The van der Waals surface area contributed by atoms with Crippen LogP contribution >= 0.6 is 11.3 Å². The van der Waals surface area contributed by atoms with E-state index in [4.69, 9.17) is 9.90 Å². The number of hydrogen-bond acceptors (Lipinski definition) is 7. The number of carboxylic acid groups (broad SMARTS) is 1. The van der Waals surface area contributed by atoms with Gasteiger partial charge in [0, 0.05) is 24.5 Å². The van der Waals surface area contributed by atoms with Gasteiger partial charge in [0.15, 0.2) is 0 Å². The molecule has 0 saturated carbocycles. The molecule has 160 valence electrons. The lowest BCUT2D eigenvalue weighted by Gasteiger charge is -2.12. The summed E-state index contributed by atoms with van der Waals surface area (Å²) < 4.78 is 29.2. The van der Waals surface area contributed by atoms with Crippen LogP contribution < -0.4 is 5.32 Å². The molecule has 0 fully saturated rings. The highest BCUT2D eigenvalue weighted by atomic mass is 32.2. The van der Waals surface area contributed by atoms with Gasteiger partial charge in [-0.15, -0.1) is 11.3 Å². The fourth-order valence-electron chi connectivity index (χ4n) is 3.63. The van der Waals surface area contributed by atoms with Crippen LogP contribution in [0.3, 0.4) is 0 Å². The molecule has 1 aromatic carbocycles. The summed E-state index contributed by atoms with van der Waals surface area (Å²) in [6, 6.07) is 8.68. The Hall–Kier alpha value is -3.08. The predicted octanol–water partition coefficient (Wildman–Crippen LogP) is 3.27. The number of benzene rings is 1. The maximum absolute atomic E-state index is 13.5. The Kier molecular flexibility index (Phi) is 5.86. The summed E-state index contributed by atoms with van der Waals surface area (Å²) in [6.45, 7) is 3.32. The van der Waals surface area contributed by atoms with Crippen molar-refractivity contribution in [2.24, 2.45) is 0 Å². The number of nitrogens with zero attached hydrogens (tertiary/aromatic N) is 3.